The Kier molecular flexibility index (Phi) is 5.03. The van der Waals surface area contributed by atoms with Gasteiger partial charge in [-0.1, -0.05) is 29.9 Å². The Labute approximate surface area is 106 Å². The van der Waals surface area contributed by atoms with Crippen LogP contribution in [0.4, 0.5) is 18.3 Å². The molecule has 1 N–H and O–H groups in total. The molecule has 3 nitrogen and oxygen atoms in total. The third-order valence-electron chi connectivity index (χ3n) is 1.92. The highest BCUT2D eigenvalue weighted by atomic mass is 35.5. The largest absolute Gasteiger partial charge is 0.406 e. The van der Waals surface area contributed by atoms with Crippen molar-refractivity contribution in [2.24, 2.45) is 0 Å². The first-order valence-electron chi connectivity index (χ1n) is 4.95. The van der Waals surface area contributed by atoms with Gasteiger partial charge in [0.05, 0.1) is 11.5 Å². The summed E-state index contributed by atoms with van der Waals surface area (Å²) < 4.78 is 37.1. The van der Waals surface area contributed by atoms with Gasteiger partial charge in [0.15, 0.2) is 5.13 Å². The molecule has 1 rings (SSSR count). The number of aliphatic hydroxyl groups excluding tert-OH is 1. The van der Waals surface area contributed by atoms with Crippen molar-refractivity contribution in [2.75, 3.05) is 18.0 Å². The van der Waals surface area contributed by atoms with Crippen LogP contribution in [0.15, 0.2) is 0 Å². The molecule has 0 spiro atoms. The number of hydrogen-bond donors (Lipinski definition) is 1. The van der Waals surface area contributed by atoms with Crippen LogP contribution in [-0.2, 0) is 6.61 Å². The maximum absolute atomic E-state index is 12.4. The Morgan fingerprint density at radius 3 is 2.53 bits per heavy atom. The van der Waals surface area contributed by atoms with Crippen LogP contribution in [0.25, 0.3) is 0 Å². The molecule has 1 aromatic heterocycles. The molecule has 0 saturated heterocycles. The number of nitrogens with zero attached hydrogens (tertiary/aromatic N) is 2. The van der Waals surface area contributed by atoms with E-state index in [1.54, 1.807) is 6.92 Å². The SMILES string of the molecule is CCCN(CC(F)(F)F)c1nc(Cl)c(CO)s1. The number of alkyl halides is 3. The highest BCUT2D eigenvalue weighted by molar-refractivity contribution is 7.16. The van der Waals surface area contributed by atoms with Gasteiger partial charge in [-0.2, -0.15) is 13.2 Å². The van der Waals surface area contributed by atoms with Crippen LogP contribution in [0.1, 0.15) is 18.2 Å². The molecule has 0 fully saturated rings. The summed E-state index contributed by atoms with van der Waals surface area (Å²) >= 11 is 6.67. The van der Waals surface area contributed by atoms with Gasteiger partial charge in [0.25, 0.3) is 0 Å². The number of rotatable bonds is 5. The van der Waals surface area contributed by atoms with Crippen LogP contribution in [0.5, 0.6) is 0 Å². The molecule has 0 aromatic carbocycles. The quantitative estimate of drug-likeness (QED) is 0.904. The lowest BCUT2D eigenvalue weighted by molar-refractivity contribution is -0.119. The number of anilines is 1. The second-order valence-electron chi connectivity index (χ2n) is 3.41. The van der Waals surface area contributed by atoms with Gasteiger partial charge in [0.2, 0.25) is 0 Å². The zero-order valence-electron chi connectivity index (χ0n) is 9.09. The fourth-order valence-corrected chi connectivity index (χ4v) is 2.43. The van der Waals surface area contributed by atoms with Gasteiger partial charge in [0.1, 0.15) is 11.7 Å². The predicted octanol–water partition coefficient (Wildman–Crippen LogP) is 3.07. The van der Waals surface area contributed by atoms with Crippen LogP contribution in [0.3, 0.4) is 0 Å². The molecule has 0 atom stereocenters. The topological polar surface area (TPSA) is 36.4 Å². The Morgan fingerprint density at radius 2 is 2.12 bits per heavy atom. The lowest BCUT2D eigenvalue weighted by Gasteiger charge is -2.22. The van der Waals surface area contributed by atoms with Gasteiger partial charge in [0, 0.05) is 6.54 Å². The van der Waals surface area contributed by atoms with E-state index in [0.717, 1.165) is 16.2 Å². The van der Waals surface area contributed by atoms with E-state index in [4.69, 9.17) is 16.7 Å². The number of hydrogen-bond acceptors (Lipinski definition) is 4. The Morgan fingerprint density at radius 1 is 1.47 bits per heavy atom. The molecule has 0 unspecified atom stereocenters. The summed E-state index contributed by atoms with van der Waals surface area (Å²) in [6.07, 6.45) is -3.71. The zero-order chi connectivity index (χ0) is 13.1. The second-order valence-corrected chi connectivity index (χ2v) is 4.83. The summed E-state index contributed by atoms with van der Waals surface area (Å²) in [6, 6.07) is 0. The highest BCUT2D eigenvalue weighted by Gasteiger charge is 2.32. The van der Waals surface area contributed by atoms with Crippen LogP contribution in [-0.4, -0.2) is 29.4 Å². The number of thiazole rings is 1. The van der Waals surface area contributed by atoms with E-state index in [-0.39, 0.29) is 23.4 Å². The van der Waals surface area contributed by atoms with Crippen molar-refractivity contribution in [3.05, 3.63) is 10.0 Å². The predicted molar refractivity (Wildman–Crippen MR) is 61.6 cm³/mol. The zero-order valence-corrected chi connectivity index (χ0v) is 10.7. The average molecular weight is 289 g/mol. The molecule has 0 aliphatic rings. The molecule has 1 heterocycles. The van der Waals surface area contributed by atoms with E-state index in [0.29, 0.717) is 11.3 Å². The summed E-state index contributed by atoms with van der Waals surface area (Å²) in [5.74, 6) is 0. The third kappa shape index (κ3) is 4.33. The molecule has 17 heavy (non-hydrogen) atoms. The van der Waals surface area contributed by atoms with Crippen molar-refractivity contribution in [3.8, 4) is 0 Å². The number of aliphatic hydroxyl groups is 1. The van der Waals surface area contributed by atoms with Crippen molar-refractivity contribution in [3.63, 3.8) is 0 Å². The van der Waals surface area contributed by atoms with Crippen LogP contribution < -0.4 is 4.90 Å². The van der Waals surface area contributed by atoms with E-state index < -0.39 is 12.7 Å². The summed E-state index contributed by atoms with van der Waals surface area (Å²) in [7, 11) is 0. The molecule has 0 bridgehead atoms. The third-order valence-corrected chi connectivity index (χ3v) is 3.44. The molecule has 0 amide bonds. The smallest absolute Gasteiger partial charge is 0.391 e. The molecule has 98 valence electrons. The van der Waals surface area contributed by atoms with Gasteiger partial charge in [-0.25, -0.2) is 4.98 Å². The molecule has 8 heteroatoms. The molecule has 1 aromatic rings. The number of aromatic nitrogens is 1. The highest BCUT2D eigenvalue weighted by Crippen LogP contribution is 2.31. The molecule has 0 radical (unpaired) electrons. The minimum Gasteiger partial charge on any atom is -0.391 e. The van der Waals surface area contributed by atoms with Gasteiger partial charge in [-0.3, -0.25) is 0 Å². The Balaban J connectivity index is 2.89. The van der Waals surface area contributed by atoms with E-state index >= 15 is 0 Å². The molecule has 0 aliphatic heterocycles. The fraction of sp³-hybridized carbons (Fsp3) is 0.667. The minimum atomic E-state index is -4.29. The normalized spacial score (nSPS) is 11.9. The molecule has 0 saturated carbocycles. The summed E-state index contributed by atoms with van der Waals surface area (Å²) in [4.78, 5) is 5.33. The standard InChI is InChI=1S/C9H12ClF3N2OS/c1-2-3-15(5-9(11,12)13)8-14-7(10)6(4-16)17-8/h16H,2-5H2,1H3. The first kappa shape index (κ1) is 14.5. The monoisotopic (exact) mass is 288 g/mol. The van der Waals surface area contributed by atoms with E-state index in [9.17, 15) is 13.2 Å². The van der Waals surface area contributed by atoms with E-state index in [1.807, 2.05) is 0 Å². The van der Waals surface area contributed by atoms with E-state index in [1.165, 1.54) is 0 Å². The maximum atomic E-state index is 12.4. The summed E-state index contributed by atoms with van der Waals surface area (Å²) in [6.45, 7) is 0.651. The van der Waals surface area contributed by atoms with Crippen molar-refractivity contribution >= 4 is 28.1 Å². The van der Waals surface area contributed by atoms with Crippen LogP contribution in [0, 0.1) is 0 Å². The Bertz CT molecular complexity index is 370. The maximum Gasteiger partial charge on any atom is 0.406 e. The van der Waals surface area contributed by atoms with Gasteiger partial charge in [-0.05, 0) is 6.42 Å². The summed E-state index contributed by atoms with van der Waals surface area (Å²) in [5.41, 5.74) is 0. The van der Waals surface area contributed by atoms with Crippen molar-refractivity contribution in [1.29, 1.82) is 0 Å². The van der Waals surface area contributed by atoms with Gasteiger partial charge < -0.3 is 10.0 Å². The lowest BCUT2D eigenvalue weighted by atomic mass is 10.4. The summed E-state index contributed by atoms with van der Waals surface area (Å²) in [5, 5.41) is 9.18. The van der Waals surface area contributed by atoms with Gasteiger partial charge >= 0.3 is 6.18 Å². The van der Waals surface area contributed by atoms with Crippen molar-refractivity contribution < 1.29 is 18.3 Å². The molecule has 0 aliphatic carbocycles. The Hall–Kier alpha value is -0.530. The minimum absolute atomic E-state index is 0.0655. The molecular formula is C9H12ClF3N2OS. The fourth-order valence-electron chi connectivity index (χ4n) is 1.28. The first-order valence-corrected chi connectivity index (χ1v) is 6.14. The lowest BCUT2D eigenvalue weighted by Crippen LogP contribution is -2.34. The van der Waals surface area contributed by atoms with Crippen molar-refractivity contribution in [2.45, 2.75) is 26.1 Å². The average Bonchev–Trinajstić information content (AvgIpc) is 2.57. The second kappa shape index (κ2) is 5.88. The van der Waals surface area contributed by atoms with Crippen molar-refractivity contribution in [1.82, 2.24) is 4.98 Å². The number of halogens is 4. The van der Waals surface area contributed by atoms with E-state index in [2.05, 4.69) is 4.98 Å². The van der Waals surface area contributed by atoms with Gasteiger partial charge in [-0.15, -0.1) is 0 Å². The molecular weight excluding hydrogens is 277 g/mol. The van der Waals surface area contributed by atoms with Crippen LogP contribution >= 0.6 is 22.9 Å². The van der Waals surface area contributed by atoms with Crippen LogP contribution in [0.2, 0.25) is 5.15 Å². The first-order chi connectivity index (χ1) is 7.87.